The standard InChI is InChI=1S/C23H26Cl2N2O2.C4H4O4/c1-29-18-6-5-17-8-11-27(22(19(17)14-18)15-26-9-2-3-10-26)23(28)13-16-4-7-20(24)21(25)12-16;5-3(6)1-2-4(7)8/h4-7,12,14,22H,2-3,8-11,13,15H2,1H3;1-2H,(H,5,6)(H,7,8). The zero-order valence-corrected chi connectivity index (χ0v) is 22.0. The summed E-state index contributed by atoms with van der Waals surface area (Å²) in [5.41, 5.74) is 3.42. The van der Waals surface area contributed by atoms with Gasteiger partial charge in [-0.25, -0.2) is 9.59 Å². The van der Waals surface area contributed by atoms with Crippen LogP contribution in [0.15, 0.2) is 48.6 Å². The number of carbonyl (C=O) groups is 3. The highest BCUT2D eigenvalue weighted by atomic mass is 35.5. The molecule has 2 aromatic carbocycles. The number of carboxylic acid groups (broad SMARTS) is 2. The van der Waals surface area contributed by atoms with Crippen molar-refractivity contribution in [3.8, 4) is 5.75 Å². The summed E-state index contributed by atoms with van der Waals surface area (Å²) in [7, 11) is 1.69. The number of halogens is 2. The first-order chi connectivity index (χ1) is 17.7. The Morgan fingerprint density at radius 2 is 1.65 bits per heavy atom. The quantitative estimate of drug-likeness (QED) is 0.491. The van der Waals surface area contributed by atoms with Crippen LogP contribution in [0.1, 0.15) is 35.6 Å². The normalized spacial score (nSPS) is 17.2. The van der Waals surface area contributed by atoms with Gasteiger partial charge in [0.05, 0.1) is 29.6 Å². The molecule has 0 saturated carbocycles. The number of hydrogen-bond donors (Lipinski definition) is 2. The van der Waals surface area contributed by atoms with Crippen LogP contribution in [0.25, 0.3) is 0 Å². The minimum Gasteiger partial charge on any atom is -0.497 e. The van der Waals surface area contributed by atoms with E-state index in [0.29, 0.717) is 28.6 Å². The molecular formula is C27H30Cl2N2O6. The van der Waals surface area contributed by atoms with Gasteiger partial charge in [0.2, 0.25) is 5.91 Å². The van der Waals surface area contributed by atoms with Crippen LogP contribution in [0.4, 0.5) is 0 Å². The van der Waals surface area contributed by atoms with Gasteiger partial charge in [-0.15, -0.1) is 0 Å². The summed E-state index contributed by atoms with van der Waals surface area (Å²) in [6.45, 7) is 3.81. The van der Waals surface area contributed by atoms with Crippen LogP contribution in [0.5, 0.6) is 5.75 Å². The predicted octanol–water partition coefficient (Wildman–Crippen LogP) is 4.48. The molecule has 1 amide bonds. The van der Waals surface area contributed by atoms with Gasteiger partial charge < -0.3 is 24.7 Å². The molecule has 0 radical (unpaired) electrons. The van der Waals surface area contributed by atoms with Crippen LogP contribution < -0.4 is 4.74 Å². The maximum atomic E-state index is 13.3. The lowest BCUT2D eigenvalue weighted by molar-refractivity contribution is -0.134. The molecule has 0 aliphatic carbocycles. The third-order valence-electron chi connectivity index (χ3n) is 6.37. The fourth-order valence-corrected chi connectivity index (χ4v) is 4.90. The first-order valence-corrected chi connectivity index (χ1v) is 12.7. The number of nitrogens with zero attached hydrogens (tertiary/aromatic N) is 2. The molecule has 2 heterocycles. The number of carboxylic acids is 2. The second kappa shape index (κ2) is 13.5. The maximum Gasteiger partial charge on any atom is 0.328 e. The molecule has 1 atom stereocenters. The molecule has 1 unspecified atom stereocenters. The Kier molecular flexibility index (Phi) is 10.4. The number of carbonyl (C=O) groups excluding carboxylic acids is 1. The van der Waals surface area contributed by atoms with Crippen molar-refractivity contribution in [1.29, 1.82) is 0 Å². The summed E-state index contributed by atoms with van der Waals surface area (Å²) in [6, 6.07) is 11.7. The van der Waals surface area contributed by atoms with Crippen molar-refractivity contribution in [1.82, 2.24) is 9.80 Å². The summed E-state index contributed by atoms with van der Waals surface area (Å²) in [5.74, 6) is -1.55. The summed E-state index contributed by atoms with van der Waals surface area (Å²) < 4.78 is 5.47. The smallest absolute Gasteiger partial charge is 0.328 e. The average molecular weight is 549 g/mol. The Hall–Kier alpha value is -3.07. The SMILES string of the molecule is COc1ccc2c(c1)C(CN1CCCC1)N(C(=O)Cc1ccc(Cl)c(Cl)c1)CC2.O=C(O)C=CC(=O)O. The van der Waals surface area contributed by atoms with E-state index in [-0.39, 0.29) is 11.9 Å². The van der Waals surface area contributed by atoms with Crippen molar-refractivity contribution in [2.45, 2.75) is 31.7 Å². The third-order valence-corrected chi connectivity index (χ3v) is 7.11. The molecule has 8 nitrogen and oxygen atoms in total. The number of hydrogen-bond acceptors (Lipinski definition) is 5. The Balaban J connectivity index is 0.000000414. The molecule has 4 rings (SSSR count). The van der Waals surface area contributed by atoms with Gasteiger partial charge in [0.25, 0.3) is 0 Å². The van der Waals surface area contributed by atoms with E-state index >= 15 is 0 Å². The second-order valence-corrected chi connectivity index (χ2v) is 9.67. The van der Waals surface area contributed by atoms with Gasteiger partial charge in [0.1, 0.15) is 5.75 Å². The van der Waals surface area contributed by atoms with Crippen LogP contribution in [-0.2, 0) is 27.2 Å². The fourth-order valence-electron chi connectivity index (χ4n) is 4.58. The fraction of sp³-hybridized carbons (Fsp3) is 0.370. The van der Waals surface area contributed by atoms with Gasteiger partial charge in [-0.1, -0.05) is 35.3 Å². The zero-order valence-electron chi connectivity index (χ0n) is 20.5. The molecule has 2 aliphatic rings. The Morgan fingerprint density at radius 1 is 0.973 bits per heavy atom. The highest BCUT2D eigenvalue weighted by molar-refractivity contribution is 6.42. The molecule has 2 aliphatic heterocycles. The molecule has 37 heavy (non-hydrogen) atoms. The van der Waals surface area contributed by atoms with Crippen molar-refractivity contribution < 1.29 is 29.3 Å². The first kappa shape index (κ1) is 28.5. The van der Waals surface area contributed by atoms with Gasteiger partial charge in [-0.2, -0.15) is 0 Å². The summed E-state index contributed by atoms with van der Waals surface area (Å²) >= 11 is 12.2. The molecule has 0 aromatic heterocycles. The van der Waals surface area contributed by atoms with Gasteiger partial charge >= 0.3 is 11.9 Å². The predicted molar refractivity (Wildman–Crippen MR) is 141 cm³/mol. The number of methoxy groups -OCH3 is 1. The zero-order chi connectivity index (χ0) is 26.9. The summed E-state index contributed by atoms with van der Waals surface area (Å²) in [4.78, 5) is 36.9. The number of ether oxygens (including phenoxy) is 1. The van der Waals surface area contributed by atoms with Crippen LogP contribution >= 0.6 is 23.2 Å². The minimum atomic E-state index is -1.26. The average Bonchev–Trinajstić information content (AvgIpc) is 3.38. The number of benzene rings is 2. The number of likely N-dealkylation sites (tertiary alicyclic amines) is 1. The van der Waals surface area contributed by atoms with Crippen molar-refractivity contribution in [3.63, 3.8) is 0 Å². The van der Waals surface area contributed by atoms with E-state index in [1.54, 1.807) is 19.2 Å². The van der Waals surface area contributed by atoms with Crippen molar-refractivity contribution in [2.75, 3.05) is 33.3 Å². The van der Waals surface area contributed by atoms with E-state index in [4.69, 9.17) is 38.2 Å². The van der Waals surface area contributed by atoms with E-state index in [1.165, 1.54) is 24.0 Å². The molecule has 10 heteroatoms. The van der Waals surface area contributed by atoms with E-state index in [9.17, 15) is 14.4 Å². The molecule has 2 N–H and O–H groups in total. The molecular weight excluding hydrogens is 519 g/mol. The molecule has 0 spiro atoms. The van der Waals surface area contributed by atoms with Crippen LogP contribution in [0, 0.1) is 0 Å². The van der Waals surface area contributed by atoms with E-state index in [0.717, 1.165) is 43.9 Å². The lowest BCUT2D eigenvalue weighted by Gasteiger charge is -2.39. The van der Waals surface area contributed by atoms with E-state index in [1.807, 2.05) is 17.0 Å². The molecule has 0 bridgehead atoms. The number of rotatable bonds is 7. The largest absolute Gasteiger partial charge is 0.497 e. The van der Waals surface area contributed by atoms with E-state index in [2.05, 4.69) is 17.0 Å². The second-order valence-electron chi connectivity index (χ2n) is 8.86. The van der Waals surface area contributed by atoms with Crippen molar-refractivity contribution in [2.24, 2.45) is 0 Å². The molecule has 1 saturated heterocycles. The van der Waals surface area contributed by atoms with Gasteiger partial charge in [0.15, 0.2) is 0 Å². The van der Waals surface area contributed by atoms with Crippen LogP contribution in [0.2, 0.25) is 10.0 Å². The van der Waals surface area contributed by atoms with Gasteiger partial charge in [0, 0.05) is 25.2 Å². The van der Waals surface area contributed by atoms with Gasteiger partial charge in [-0.3, -0.25) is 4.79 Å². The monoisotopic (exact) mass is 548 g/mol. The Morgan fingerprint density at radius 3 is 2.24 bits per heavy atom. The lowest BCUT2D eigenvalue weighted by atomic mass is 9.91. The first-order valence-electron chi connectivity index (χ1n) is 11.9. The third kappa shape index (κ3) is 8.21. The summed E-state index contributed by atoms with van der Waals surface area (Å²) in [5, 5.41) is 16.6. The van der Waals surface area contributed by atoms with Crippen LogP contribution in [0.3, 0.4) is 0 Å². The van der Waals surface area contributed by atoms with Crippen molar-refractivity contribution in [3.05, 3.63) is 75.3 Å². The van der Waals surface area contributed by atoms with Crippen molar-refractivity contribution >= 4 is 41.0 Å². The highest BCUT2D eigenvalue weighted by Crippen LogP contribution is 2.34. The maximum absolute atomic E-state index is 13.3. The molecule has 1 fully saturated rings. The summed E-state index contributed by atoms with van der Waals surface area (Å²) in [6.07, 6.45) is 4.77. The van der Waals surface area contributed by atoms with E-state index < -0.39 is 11.9 Å². The number of aliphatic carboxylic acids is 2. The lowest BCUT2D eigenvalue weighted by Crippen LogP contribution is -2.45. The molecule has 198 valence electrons. The van der Waals surface area contributed by atoms with Gasteiger partial charge in [-0.05, 0) is 73.3 Å². The Bertz CT molecular complexity index is 1150. The van der Waals surface area contributed by atoms with Crippen LogP contribution in [-0.4, -0.2) is 71.1 Å². The molecule has 2 aromatic rings. The minimum absolute atomic E-state index is 0.0437. The Labute approximate surface area is 226 Å². The number of amides is 1. The topological polar surface area (TPSA) is 107 Å². The number of fused-ring (bicyclic) bond motifs is 1. The highest BCUT2D eigenvalue weighted by Gasteiger charge is 2.33.